The maximum Gasteiger partial charge on any atom is 0.267 e. The average molecular weight is 513 g/mol. The number of carbonyl (C=O) groups is 1. The molecule has 0 N–H and O–H groups in total. The molecule has 2 aromatic heterocycles. The molecule has 4 rings (SSSR count). The smallest absolute Gasteiger partial charge is 0.267 e. The molecule has 8 heteroatoms. The molecule has 35 heavy (non-hydrogen) atoms. The zero-order valence-electron chi connectivity index (χ0n) is 21.2. The lowest BCUT2D eigenvalue weighted by Gasteiger charge is -2.36. The van der Waals surface area contributed by atoms with Gasteiger partial charge in [-0.15, -0.1) is 0 Å². The van der Waals surface area contributed by atoms with Gasteiger partial charge in [-0.25, -0.2) is 4.98 Å². The summed E-state index contributed by atoms with van der Waals surface area (Å²) in [7, 11) is 0. The van der Waals surface area contributed by atoms with E-state index in [1.165, 1.54) is 31.0 Å². The van der Waals surface area contributed by atoms with Gasteiger partial charge in [0.05, 0.1) is 10.5 Å². The number of rotatable bonds is 8. The van der Waals surface area contributed by atoms with E-state index in [9.17, 15) is 9.59 Å². The molecule has 1 amide bonds. The van der Waals surface area contributed by atoms with Crippen LogP contribution in [0.15, 0.2) is 28.0 Å². The number of carbonyl (C=O) groups excluding carboxylic acids is 1. The van der Waals surface area contributed by atoms with Crippen LogP contribution in [0.1, 0.15) is 70.4 Å². The van der Waals surface area contributed by atoms with Gasteiger partial charge >= 0.3 is 0 Å². The summed E-state index contributed by atoms with van der Waals surface area (Å²) in [6.45, 7) is 11.0. The third-order valence-corrected chi connectivity index (χ3v) is 8.17. The molecule has 0 aliphatic carbocycles. The van der Waals surface area contributed by atoms with Crippen LogP contribution in [0.3, 0.4) is 0 Å². The molecule has 0 bridgehead atoms. The minimum atomic E-state index is -0.149. The molecule has 2 aliphatic rings. The van der Waals surface area contributed by atoms with Crippen molar-refractivity contribution in [1.29, 1.82) is 0 Å². The Morgan fingerprint density at radius 1 is 1.11 bits per heavy atom. The largest absolute Gasteiger partial charge is 0.355 e. The SMILES string of the molecule is CCCCCCCN1C(=O)/C(=C/c2c(N3C[C@H](C)C[C@@H](C)C3)nc3ccc(C)cn3c2=O)SC1=S. The Labute approximate surface area is 217 Å². The minimum Gasteiger partial charge on any atom is -0.355 e. The molecule has 2 saturated heterocycles. The summed E-state index contributed by atoms with van der Waals surface area (Å²) in [6, 6.07) is 3.86. The standard InChI is InChI=1S/C27H36N4O2S2/c1-5-6-7-8-9-12-30-26(33)22(35-27(30)34)14-21-24(29-15-19(3)13-20(4)16-29)28-23-11-10-18(2)17-31(23)25(21)32/h10-11,14,17,19-20H,5-9,12-13,15-16H2,1-4H3/b22-14-/t19-,20-/m1/s1. The second-order valence-electron chi connectivity index (χ2n) is 10.2. The maximum atomic E-state index is 13.7. The summed E-state index contributed by atoms with van der Waals surface area (Å²) >= 11 is 6.84. The lowest BCUT2D eigenvalue weighted by atomic mass is 9.91. The van der Waals surface area contributed by atoms with Crippen LogP contribution < -0.4 is 10.5 Å². The van der Waals surface area contributed by atoms with Crippen molar-refractivity contribution in [1.82, 2.24) is 14.3 Å². The Bertz CT molecular complexity index is 1200. The van der Waals surface area contributed by atoms with E-state index in [0.717, 1.165) is 37.9 Å². The summed E-state index contributed by atoms with van der Waals surface area (Å²) < 4.78 is 2.17. The molecular formula is C27H36N4O2S2. The van der Waals surface area contributed by atoms with E-state index >= 15 is 0 Å². The van der Waals surface area contributed by atoms with Crippen LogP contribution in [-0.4, -0.2) is 44.1 Å². The van der Waals surface area contributed by atoms with Gasteiger partial charge in [0.25, 0.3) is 11.5 Å². The first-order chi connectivity index (χ1) is 16.8. The summed E-state index contributed by atoms with van der Waals surface area (Å²) in [5.41, 5.74) is 1.93. The van der Waals surface area contributed by atoms with E-state index in [4.69, 9.17) is 17.2 Å². The molecule has 6 nitrogen and oxygen atoms in total. The predicted molar refractivity (Wildman–Crippen MR) is 150 cm³/mol. The number of pyridine rings is 1. The number of unbranched alkanes of at least 4 members (excludes halogenated alkanes) is 4. The molecule has 2 aromatic rings. The van der Waals surface area contributed by atoms with Crippen LogP contribution in [0.25, 0.3) is 11.7 Å². The van der Waals surface area contributed by atoms with E-state index in [2.05, 4.69) is 25.7 Å². The van der Waals surface area contributed by atoms with Crippen LogP contribution in [0, 0.1) is 18.8 Å². The van der Waals surface area contributed by atoms with Crippen molar-refractivity contribution >= 4 is 51.7 Å². The van der Waals surface area contributed by atoms with E-state index in [0.29, 0.717) is 44.6 Å². The van der Waals surface area contributed by atoms with Crippen LogP contribution in [0.5, 0.6) is 0 Å². The second kappa shape index (κ2) is 11.2. The van der Waals surface area contributed by atoms with Gasteiger partial charge in [0, 0.05) is 25.8 Å². The average Bonchev–Trinajstić information content (AvgIpc) is 3.07. The van der Waals surface area contributed by atoms with Gasteiger partial charge in [0.1, 0.15) is 15.8 Å². The number of aromatic nitrogens is 2. The third-order valence-electron chi connectivity index (χ3n) is 6.79. The van der Waals surface area contributed by atoms with E-state index in [-0.39, 0.29) is 11.5 Å². The van der Waals surface area contributed by atoms with Crippen molar-refractivity contribution in [3.8, 4) is 0 Å². The Kier molecular flexibility index (Phi) is 8.32. The zero-order valence-corrected chi connectivity index (χ0v) is 22.9. The Morgan fingerprint density at radius 3 is 2.54 bits per heavy atom. The fraction of sp³-hybridized carbons (Fsp3) is 0.556. The highest BCUT2D eigenvalue weighted by molar-refractivity contribution is 8.26. The predicted octanol–water partition coefficient (Wildman–Crippen LogP) is 5.66. The van der Waals surface area contributed by atoms with Crippen molar-refractivity contribution < 1.29 is 4.79 Å². The lowest BCUT2D eigenvalue weighted by molar-refractivity contribution is -0.122. The van der Waals surface area contributed by atoms with Gasteiger partial charge in [-0.1, -0.05) is 76.5 Å². The van der Waals surface area contributed by atoms with Crippen molar-refractivity contribution in [3.63, 3.8) is 0 Å². The summed E-state index contributed by atoms with van der Waals surface area (Å²) in [6.07, 6.45) is 10.3. The van der Waals surface area contributed by atoms with Crippen molar-refractivity contribution in [2.75, 3.05) is 24.5 Å². The molecule has 0 unspecified atom stereocenters. The topological polar surface area (TPSA) is 57.9 Å². The second-order valence-corrected chi connectivity index (χ2v) is 11.9. The molecule has 0 radical (unpaired) electrons. The fourth-order valence-electron chi connectivity index (χ4n) is 5.15. The number of nitrogens with zero attached hydrogens (tertiary/aromatic N) is 4. The number of anilines is 1. The summed E-state index contributed by atoms with van der Waals surface area (Å²) in [5, 5.41) is 0. The van der Waals surface area contributed by atoms with Crippen LogP contribution in [0.2, 0.25) is 0 Å². The first-order valence-corrected chi connectivity index (χ1v) is 14.0. The first kappa shape index (κ1) is 25.9. The molecule has 0 spiro atoms. The number of fused-ring (bicyclic) bond motifs is 1. The van der Waals surface area contributed by atoms with E-state index in [1.54, 1.807) is 15.4 Å². The maximum absolute atomic E-state index is 13.7. The highest BCUT2D eigenvalue weighted by Gasteiger charge is 2.33. The van der Waals surface area contributed by atoms with Crippen molar-refractivity contribution in [2.24, 2.45) is 11.8 Å². The zero-order chi connectivity index (χ0) is 25.1. The highest BCUT2D eigenvalue weighted by Crippen LogP contribution is 2.34. The first-order valence-electron chi connectivity index (χ1n) is 12.8. The lowest BCUT2D eigenvalue weighted by Crippen LogP contribution is -2.40. The van der Waals surface area contributed by atoms with Gasteiger partial charge in [0.15, 0.2) is 0 Å². The number of amides is 1. The number of piperidine rings is 1. The molecule has 4 heterocycles. The van der Waals surface area contributed by atoms with Gasteiger partial charge in [-0.3, -0.25) is 18.9 Å². The van der Waals surface area contributed by atoms with Crippen LogP contribution >= 0.6 is 24.0 Å². The molecule has 2 fully saturated rings. The Morgan fingerprint density at radius 2 is 1.83 bits per heavy atom. The van der Waals surface area contributed by atoms with Crippen molar-refractivity contribution in [3.05, 3.63) is 44.7 Å². The number of hydrogen-bond donors (Lipinski definition) is 0. The molecule has 188 valence electrons. The molecule has 0 saturated carbocycles. The van der Waals surface area contributed by atoms with Gasteiger partial charge in [-0.05, 0) is 49.3 Å². The van der Waals surface area contributed by atoms with E-state index < -0.39 is 0 Å². The molecule has 2 atom stereocenters. The van der Waals surface area contributed by atoms with Gasteiger partial charge in [-0.2, -0.15) is 0 Å². The van der Waals surface area contributed by atoms with Gasteiger partial charge in [0.2, 0.25) is 0 Å². The Hall–Kier alpha value is -2.19. The minimum absolute atomic E-state index is 0.101. The van der Waals surface area contributed by atoms with Crippen LogP contribution in [-0.2, 0) is 4.79 Å². The van der Waals surface area contributed by atoms with E-state index in [1.807, 2.05) is 25.3 Å². The monoisotopic (exact) mass is 512 g/mol. The molecule has 0 aromatic carbocycles. The Balaban J connectivity index is 1.71. The molecular weight excluding hydrogens is 476 g/mol. The van der Waals surface area contributed by atoms with Crippen LogP contribution in [0.4, 0.5) is 5.82 Å². The third kappa shape index (κ3) is 5.80. The van der Waals surface area contributed by atoms with Gasteiger partial charge < -0.3 is 4.90 Å². The molecule has 2 aliphatic heterocycles. The number of hydrogen-bond acceptors (Lipinski definition) is 6. The van der Waals surface area contributed by atoms with Crippen molar-refractivity contribution in [2.45, 2.75) is 66.2 Å². The summed E-state index contributed by atoms with van der Waals surface area (Å²) in [4.78, 5) is 36.3. The number of thiocarbonyl (C=S) groups is 1. The number of aryl methyl sites for hydroxylation is 1. The summed E-state index contributed by atoms with van der Waals surface area (Å²) in [5.74, 6) is 1.59. The highest BCUT2D eigenvalue weighted by atomic mass is 32.2. The number of thioether (sulfide) groups is 1. The quantitative estimate of drug-likeness (QED) is 0.259. The normalized spacial score (nSPS) is 22.1. The fourth-order valence-corrected chi connectivity index (χ4v) is 6.44.